The molecule has 0 bridgehead atoms. The van der Waals surface area contributed by atoms with Crippen molar-refractivity contribution in [2.24, 2.45) is 5.92 Å². The molecule has 4 atom stereocenters. The Labute approximate surface area is 152 Å². The van der Waals surface area contributed by atoms with Gasteiger partial charge in [-0.1, -0.05) is 48.5 Å². The molecule has 2 aromatic carbocycles. The fourth-order valence-corrected chi connectivity index (χ4v) is 4.21. The monoisotopic (exact) mass is 353 g/mol. The smallest absolute Gasteiger partial charge is 0.242 e. The van der Waals surface area contributed by atoms with Crippen molar-refractivity contribution in [2.75, 3.05) is 20.3 Å². The zero-order valence-electron chi connectivity index (χ0n) is 14.6. The third-order valence-corrected chi connectivity index (χ3v) is 5.36. The fraction of sp³-hybridized carbons (Fsp3) is 0.350. The third kappa shape index (κ3) is 2.76. The van der Waals surface area contributed by atoms with Crippen LogP contribution in [0.1, 0.15) is 23.2 Å². The van der Waals surface area contributed by atoms with Gasteiger partial charge in [-0.15, -0.1) is 0 Å². The van der Waals surface area contributed by atoms with Crippen molar-refractivity contribution in [3.8, 4) is 5.75 Å². The van der Waals surface area contributed by atoms with Crippen molar-refractivity contribution < 1.29 is 14.6 Å². The van der Waals surface area contributed by atoms with Crippen LogP contribution in [0.15, 0.2) is 54.6 Å². The number of phenolic OH excluding ortho intramolecular Hbond substituents is 1. The minimum absolute atomic E-state index is 0.0324. The van der Waals surface area contributed by atoms with Crippen LogP contribution in [0.3, 0.4) is 0 Å². The van der Waals surface area contributed by atoms with E-state index in [9.17, 15) is 9.90 Å². The molecule has 0 spiro atoms. The van der Waals surface area contributed by atoms with Gasteiger partial charge in [0, 0.05) is 25.1 Å². The molecule has 2 aliphatic rings. The predicted molar refractivity (Wildman–Crippen MR) is 97.2 cm³/mol. The van der Waals surface area contributed by atoms with Crippen LogP contribution in [0.4, 0.5) is 0 Å². The lowest BCUT2D eigenvalue weighted by Gasteiger charge is -2.31. The molecule has 6 nitrogen and oxygen atoms in total. The molecular weight excluding hydrogens is 330 g/mol. The number of hydrogen-bond acceptors (Lipinski definition) is 5. The first-order chi connectivity index (χ1) is 12.7. The van der Waals surface area contributed by atoms with Gasteiger partial charge in [0.15, 0.2) is 0 Å². The molecule has 136 valence electrons. The summed E-state index contributed by atoms with van der Waals surface area (Å²) in [5.41, 5.74) is 8.28. The van der Waals surface area contributed by atoms with Gasteiger partial charge in [0.1, 0.15) is 11.8 Å². The van der Waals surface area contributed by atoms with Crippen molar-refractivity contribution in [3.05, 3.63) is 65.7 Å². The molecular formula is C20H23N3O3. The summed E-state index contributed by atoms with van der Waals surface area (Å²) in [5.74, 6) is 0.267. The molecule has 2 fully saturated rings. The van der Waals surface area contributed by atoms with Gasteiger partial charge in [0.25, 0.3) is 0 Å². The summed E-state index contributed by atoms with van der Waals surface area (Å²) in [6.45, 7) is 1.03. The molecule has 0 radical (unpaired) electrons. The van der Waals surface area contributed by atoms with Crippen LogP contribution < -0.4 is 10.9 Å². The minimum atomic E-state index is -0.332. The lowest BCUT2D eigenvalue weighted by molar-refractivity contribution is -0.131. The van der Waals surface area contributed by atoms with Crippen LogP contribution in [-0.2, 0) is 9.53 Å². The number of likely N-dealkylation sites (tertiary alicyclic amines) is 1. The molecule has 4 unspecified atom stereocenters. The largest absolute Gasteiger partial charge is 0.508 e. The number of amides is 1. The first-order valence-corrected chi connectivity index (χ1v) is 8.85. The quantitative estimate of drug-likeness (QED) is 0.764. The van der Waals surface area contributed by atoms with Crippen molar-refractivity contribution in [1.29, 1.82) is 0 Å². The van der Waals surface area contributed by atoms with Crippen LogP contribution in [0.2, 0.25) is 0 Å². The number of methoxy groups -OCH3 is 1. The Morgan fingerprint density at radius 2 is 1.73 bits per heavy atom. The van der Waals surface area contributed by atoms with Gasteiger partial charge in [-0.05, 0) is 11.6 Å². The van der Waals surface area contributed by atoms with Gasteiger partial charge < -0.3 is 14.7 Å². The summed E-state index contributed by atoms with van der Waals surface area (Å²) < 4.78 is 5.22. The predicted octanol–water partition coefficient (Wildman–Crippen LogP) is 1.76. The number of fused-ring (bicyclic) bond motifs is 1. The highest BCUT2D eigenvalue weighted by molar-refractivity contribution is 5.86. The Morgan fingerprint density at radius 1 is 1.04 bits per heavy atom. The molecule has 4 rings (SSSR count). The van der Waals surface area contributed by atoms with Crippen LogP contribution >= 0.6 is 0 Å². The number of rotatable bonds is 5. The van der Waals surface area contributed by atoms with E-state index in [0.717, 1.165) is 11.1 Å². The number of aromatic hydroxyl groups is 1. The number of ether oxygens (including phenoxy) is 1. The summed E-state index contributed by atoms with van der Waals surface area (Å²) >= 11 is 0. The lowest BCUT2D eigenvalue weighted by Crippen LogP contribution is -2.42. The molecule has 2 aromatic rings. The Hall–Kier alpha value is -2.41. The van der Waals surface area contributed by atoms with E-state index in [1.807, 2.05) is 35.2 Å². The average Bonchev–Trinajstić information content (AvgIpc) is 3.20. The second-order valence-electron chi connectivity index (χ2n) is 6.76. The standard InChI is InChI=1S/C20H23N3O3/c1-26-12-11-23-19(13-7-3-2-4-8-13)16-17(21-22-18(16)20(23)25)14-9-5-6-10-15(14)24/h2-10,16-19,21-22,24H,11-12H2,1H3. The second-order valence-corrected chi connectivity index (χ2v) is 6.76. The molecule has 0 saturated carbocycles. The van der Waals surface area contributed by atoms with Crippen LogP contribution in [-0.4, -0.2) is 42.2 Å². The summed E-state index contributed by atoms with van der Waals surface area (Å²) in [6.07, 6.45) is 0. The number of hydrogen-bond donors (Lipinski definition) is 3. The van der Waals surface area contributed by atoms with Crippen molar-refractivity contribution in [3.63, 3.8) is 0 Å². The van der Waals surface area contributed by atoms with E-state index in [4.69, 9.17) is 4.74 Å². The first-order valence-electron chi connectivity index (χ1n) is 8.85. The van der Waals surface area contributed by atoms with E-state index < -0.39 is 0 Å². The van der Waals surface area contributed by atoms with E-state index in [-0.39, 0.29) is 35.7 Å². The SMILES string of the molecule is COCCN1C(=O)C2NNC(c3ccccc3O)C2C1c1ccccc1. The van der Waals surface area contributed by atoms with E-state index in [2.05, 4.69) is 23.0 Å². The molecule has 2 aliphatic heterocycles. The highest BCUT2D eigenvalue weighted by Crippen LogP contribution is 2.48. The number of hydrazine groups is 1. The maximum atomic E-state index is 13.0. The van der Waals surface area contributed by atoms with E-state index >= 15 is 0 Å². The van der Waals surface area contributed by atoms with Crippen LogP contribution in [0, 0.1) is 5.92 Å². The number of carbonyl (C=O) groups excluding carboxylic acids is 1. The third-order valence-electron chi connectivity index (χ3n) is 5.36. The Morgan fingerprint density at radius 3 is 2.46 bits per heavy atom. The number of para-hydroxylation sites is 1. The molecule has 3 N–H and O–H groups in total. The number of nitrogens with zero attached hydrogens (tertiary/aromatic N) is 1. The Bertz CT molecular complexity index is 783. The molecule has 0 aromatic heterocycles. The number of benzene rings is 2. The number of carbonyl (C=O) groups is 1. The Kier molecular flexibility index (Phi) is 4.63. The summed E-state index contributed by atoms with van der Waals surface area (Å²) in [5, 5.41) is 10.3. The molecule has 1 amide bonds. The highest BCUT2D eigenvalue weighted by atomic mass is 16.5. The van der Waals surface area contributed by atoms with Crippen molar-refractivity contribution in [1.82, 2.24) is 15.8 Å². The summed E-state index contributed by atoms with van der Waals surface area (Å²) in [4.78, 5) is 14.9. The van der Waals surface area contributed by atoms with Crippen LogP contribution in [0.5, 0.6) is 5.75 Å². The van der Waals surface area contributed by atoms with Crippen LogP contribution in [0.25, 0.3) is 0 Å². The molecule has 2 heterocycles. The highest BCUT2D eigenvalue weighted by Gasteiger charge is 2.55. The molecule has 0 aliphatic carbocycles. The average molecular weight is 353 g/mol. The topological polar surface area (TPSA) is 73.8 Å². The minimum Gasteiger partial charge on any atom is -0.508 e. The second kappa shape index (κ2) is 7.07. The number of nitrogens with one attached hydrogen (secondary N) is 2. The Balaban J connectivity index is 1.75. The fourth-order valence-electron chi connectivity index (χ4n) is 4.21. The maximum Gasteiger partial charge on any atom is 0.242 e. The lowest BCUT2D eigenvalue weighted by atomic mass is 9.83. The van der Waals surface area contributed by atoms with Gasteiger partial charge in [-0.25, -0.2) is 10.9 Å². The molecule has 6 heteroatoms. The van der Waals surface area contributed by atoms with Crippen molar-refractivity contribution in [2.45, 2.75) is 18.1 Å². The summed E-state index contributed by atoms with van der Waals surface area (Å²) in [7, 11) is 1.64. The zero-order chi connectivity index (χ0) is 18.1. The van der Waals surface area contributed by atoms with Gasteiger partial charge in [-0.3, -0.25) is 4.79 Å². The van der Waals surface area contributed by atoms with Gasteiger partial charge in [0.2, 0.25) is 5.91 Å². The first kappa shape index (κ1) is 17.0. The zero-order valence-corrected chi connectivity index (χ0v) is 14.6. The van der Waals surface area contributed by atoms with E-state index in [1.54, 1.807) is 19.2 Å². The molecule has 26 heavy (non-hydrogen) atoms. The van der Waals surface area contributed by atoms with E-state index in [1.165, 1.54) is 0 Å². The van der Waals surface area contributed by atoms with E-state index in [0.29, 0.717) is 13.2 Å². The van der Waals surface area contributed by atoms with Crippen molar-refractivity contribution >= 4 is 5.91 Å². The summed E-state index contributed by atoms with van der Waals surface area (Å²) in [6, 6.07) is 16.8. The van der Waals surface area contributed by atoms with Gasteiger partial charge in [-0.2, -0.15) is 0 Å². The molecule has 2 saturated heterocycles. The normalized spacial score (nSPS) is 27.7. The number of phenols is 1. The maximum absolute atomic E-state index is 13.0. The van der Waals surface area contributed by atoms with Gasteiger partial charge >= 0.3 is 0 Å². The van der Waals surface area contributed by atoms with Gasteiger partial charge in [0.05, 0.1) is 18.7 Å².